The number of amides is 1. The maximum atomic E-state index is 11.8. The molecule has 0 aliphatic rings. The number of hydrogen-bond donors (Lipinski definition) is 2. The predicted octanol–water partition coefficient (Wildman–Crippen LogP) is 1.51. The number of carbonyl (C=O) groups is 1. The van der Waals surface area contributed by atoms with E-state index in [9.17, 15) is 4.79 Å². The second-order valence-electron chi connectivity index (χ2n) is 4.20. The van der Waals surface area contributed by atoms with Gasteiger partial charge in [0, 0.05) is 17.8 Å². The molecule has 6 nitrogen and oxygen atoms in total. The fourth-order valence-electron chi connectivity index (χ4n) is 1.33. The highest BCUT2D eigenvalue weighted by molar-refractivity contribution is 7.11. The molecular weight excluding hydrogens is 282 g/mol. The van der Waals surface area contributed by atoms with Gasteiger partial charge in [-0.1, -0.05) is 25.2 Å². The molecular formula is C11H15N5OS2. The molecule has 0 fully saturated rings. The Bertz CT molecular complexity index is 563. The Morgan fingerprint density at radius 2 is 2.21 bits per heavy atom. The fourth-order valence-corrected chi connectivity index (χ4v) is 2.77. The van der Waals surface area contributed by atoms with Gasteiger partial charge in [-0.25, -0.2) is 4.98 Å². The van der Waals surface area contributed by atoms with Crippen molar-refractivity contribution in [3.05, 3.63) is 26.1 Å². The maximum absolute atomic E-state index is 11.8. The Balaban J connectivity index is 1.92. The molecule has 0 unspecified atom stereocenters. The Hall–Kier alpha value is -1.38. The Morgan fingerprint density at radius 1 is 1.42 bits per heavy atom. The van der Waals surface area contributed by atoms with Crippen molar-refractivity contribution < 1.29 is 4.79 Å². The van der Waals surface area contributed by atoms with Gasteiger partial charge in [-0.05, 0) is 0 Å². The molecule has 0 radical (unpaired) electrons. The van der Waals surface area contributed by atoms with Gasteiger partial charge in [0.25, 0.3) is 5.91 Å². The van der Waals surface area contributed by atoms with E-state index in [1.807, 2.05) is 0 Å². The molecule has 2 aromatic rings. The lowest BCUT2D eigenvalue weighted by Gasteiger charge is -1.99. The number of hydrogen-bond acceptors (Lipinski definition) is 7. The highest BCUT2D eigenvalue weighted by Crippen LogP contribution is 2.18. The summed E-state index contributed by atoms with van der Waals surface area (Å²) in [5, 5.41) is 15.1. The molecule has 0 aromatic carbocycles. The summed E-state index contributed by atoms with van der Waals surface area (Å²) in [6, 6.07) is 0. The first kappa shape index (κ1) is 14.0. The topological polar surface area (TPSA) is 93.8 Å². The van der Waals surface area contributed by atoms with Crippen LogP contribution in [0, 0.1) is 0 Å². The van der Waals surface area contributed by atoms with Crippen molar-refractivity contribution in [1.82, 2.24) is 20.5 Å². The quantitative estimate of drug-likeness (QED) is 0.872. The largest absolute Gasteiger partial charge is 0.344 e. The molecule has 0 aliphatic carbocycles. The molecule has 3 N–H and O–H groups in total. The van der Waals surface area contributed by atoms with Gasteiger partial charge in [0.15, 0.2) is 0 Å². The summed E-state index contributed by atoms with van der Waals surface area (Å²) in [6.45, 7) is 4.85. The van der Waals surface area contributed by atoms with Crippen LogP contribution in [0.15, 0.2) is 5.38 Å². The smallest absolute Gasteiger partial charge is 0.271 e. The normalized spacial score (nSPS) is 10.9. The van der Waals surface area contributed by atoms with E-state index >= 15 is 0 Å². The predicted molar refractivity (Wildman–Crippen MR) is 75.2 cm³/mol. The highest BCUT2D eigenvalue weighted by atomic mass is 32.1. The number of rotatable bonds is 5. The summed E-state index contributed by atoms with van der Waals surface area (Å²) in [5.41, 5.74) is 5.86. The van der Waals surface area contributed by atoms with Crippen molar-refractivity contribution in [2.75, 3.05) is 0 Å². The Kier molecular flexibility index (Phi) is 4.56. The zero-order chi connectivity index (χ0) is 13.8. The molecule has 2 aromatic heterocycles. The molecule has 0 saturated carbocycles. The van der Waals surface area contributed by atoms with Crippen LogP contribution in [0.4, 0.5) is 0 Å². The number of carbonyl (C=O) groups excluding carboxylic acids is 1. The van der Waals surface area contributed by atoms with E-state index in [2.05, 4.69) is 34.3 Å². The van der Waals surface area contributed by atoms with Crippen molar-refractivity contribution >= 4 is 28.6 Å². The first-order chi connectivity index (χ1) is 9.10. The van der Waals surface area contributed by atoms with Crippen LogP contribution in [-0.2, 0) is 13.1 Å². The monoisotopic (exact) mass is 297 g/mol. The van der Waals surface area contributed by atoms with Gasteiger partial charge in [-0.3, -0.25) is 4.79 Å². The van der Waals surface area contributed by atoms with E-state index in [1.165, 1.54) is 22.7 Å². The molecule has 0 saturated heterocycles. The molecule has 0 atom stereocenters. The maximum Gasteiger partial charge on any atom is 0.271 e. The van der Waals surface area contributed by atoms with Crippen molar-refractivity contribution in [2.24, 2.45) is 5.73 Å². The fraction of sp³-hybridized carbons (Fsp3) is 0.455. The molecule has 8 heteroatoms. The number of nitrogens with zero attached hydrogens (tertiary/aromatic N) is 3. The lowest BCUT2D eigenvalue weighted by atomic mass is 10.2. The summed E-state index contributed by atoms with van der Waals surface area (Å²) in [4.78, 5) is 16.0. The second kappa shape index (κ2) is 6.18. The summed E-state index contributed by atoms with van der Waals surface area (Å²) in [7, 11) is 0. The number of aromatic nitrogens is 3. The number of nitrogens with two attached hydrogens (primary N) is 1. The highest BCUT2D eigenvalue weighted by Gasteiger charge is 2.12. The van der Waals surface area contributed by atoms with Gasteiger partial charge in [0.05, 0.1) is 6.54 Å². The van der Waals surface area contributed by atoms with E-state index in [1.54, 1.807) is 5.38 Å². The van der Waals surface area contributed by atoms with Gasteiger partial charge >= 0.3 is 0 Å². The van der Waals surface area contributed by atoms with E-state index in [0.717, 1.165) is 15.0 Å². The average Bonchev–Trinajstić information content (AvgIpc) is 3.04. The van der Waals surface area contributed by atoms with E-state index in [-0.39, 0.29) is 5.91 Å². The van der Waals surface area contributed by atoms with Crippen molar-refractivity contribution in [1.29, 1.82) is 0 Å². The van der Waals surface area contributed by atoms with Crippen molar-refractivity contribution in [3.63, 3.8) is 0 Å². The lowest BCUT2D eigenvalue weighted by molar-refractivity contribution is 0.0946. The summed E-state index contributed by atoms with van der Waals surface area (Å²) in [6.07, 6.45) is 0. The second-order valence-corrected chi connectivity index (χ2v) is 6.24. The minimum absolute atomic E-state index is 0.211. The van der Waals surface area contributed by atoms with Crippen molar-refractivity contribution in [2.45, 2.75) is 32.9 Å². The first-order valence-corrected chi connectivity index (χ1v) is 7.54. The molecule has 2 heterocycles. The van der Waals surface area contributed by atoms with Gasteiger partial charge in [-0.2, -0.15) is 0 Å². The van der Waals surface area contributed by atoms with Crippen LogP contribution in [0.2, 0.25) is 0 Å². The zero-order valence-corrected chi connectivity index (χ0v) is 12.3. The van der Waals surface area contributed by atoms with E-state index < -0.39 is 0 Å². The molecule has 1 amide bonds. The molecule has 0 spiro atoms. The molecule has 0 aliphatic heterocycles. The third-order valence-corrected chi connectivity index (χ3v) is 4.43. The van der Waals surface area contributed by atoms with Gasteiger partial charge in [0.1, 0.15) is 20.7 Å². The van der Waals surface area contributed by atoms with Crippen LogP contribution < -0.4 is 11.1 Å². The summed E-state index contributed by atoms with van der Waals surface area (Å²) in [5.74, 6) is 0.143. The SMILES string of the molecule is CC(C)c1nnc(CNC(=O)c2csc(CN)n2)s1. The van der Waals surface area contributed by atoms with Crippen LogP contribution in [-0.4, -0.2) is 21.1 Å². The zero-order valence-electron chi connectivity index (χ0n) is 10.7. The van der Waals surface area contributed by atoms with Crippen LogP contribution in [0.25, 0.3) is 0 Å². The lowest BCUT2D eigenvalue weighted by Crippen LogP contribution is -2.23. The molecule has 2 rings (SSSR count). The minimum Gasteiger partial charge on any atom is -0.344 e. The van der Waals surface area contributed by atoms with Crippen LogP contribution in [0.1, 0.15) is 45.3 Å². The summed E-state index contributed by atoms with van der Waals surface area (Å²) < 4.78 is 0. The van der Waals surface area contributed by atoms with Gasteiger partial charge in [-0.15, -0.1) is 21.5 Å². The van der Waals surface area contributed by atoms with Gasteiger partial charge < -0.3 is 11.1 Å². The van der Waals surface area contributed by atoms with Crippen LogP contribution >= 0.6 is 22.7 Å². The third kappa shape index (κ3) is 3.55. The average molecular weight is 297 g/mol. The molecule has 102 valence electrons. The molecule has 0 bridgehead atoms. The Labute approximate surface area is 119 Å². The minimum atomic E-state index is -0.211. The van der Waals surface area contributed by atoms with Crippen molar-refractivity contribution in [3.8, 4) is 0 Å². The first-order valence-electron chi connectivity index (χ1n) is 5.85. The van der Waals surface area contributed by atoms with Gasteiger partial charge in [0.2, 0.25) is 0 Å². The van der Waals surface area contributed by atoms with Crippen LogP contribution in [0.5, 0.6) is 0 Å². The van der Waals surface area contributed by atoms with E-state index in [4.69, 9.17) is 5.73 Å². The number of thiazole rings is 1. The van der Waals surface area contributed by atoms with E-state index in [0.29, 0.717) is 24.7 Å². The third-order valence-electron chi connectivity index (χ3n) is 2.34. The summed E-state index contributed by atoms with van der Waals surface area (Å²) >= 11 is 2.90. The van der Waals surface area contributed by atoms with Crippen LogP contribution in [0.3, 0.4) is 0 Å². The molecule has 19 heavy (non-hydrogen) atoms. The number of nitrogens with one attached hydrogen (secondary N) is 1. The Morgan fingerprint density at radius 3 is 2.79 bits per heavy atom. The standard InChI is InChI=1S/C11H15N5OS2/c1-6(2)11-16-15-9(19-11)4-13-10(17)7-5-18-8(3-12)14-7/h5-6H,3-4,12H2,1-2H3,(H,13,17).